The van der Waals surface area contributed by atoms with Crippen LogP contribution in [0, 0.1) is 11.3 Å². The normalized spacial score (nSPS) is 13.6. The molecular weight excluding hydrogens is 306 g/mol. The maximum atomic E-state index is 8.97. The molecule has 0 aliphatic heterocycles. The molecule has 0 saturated carbocycles. The molecule has 2 nitrogen and oxygen atoms in total. The molecule has 22 heavy (non-hydrogen) atoms. The summed E-state index contributed by atoms with van der Waals surface area (Å²) in [5.41, 5.74) is 1.80. The van der Waals surface area contributed by atoms with Gasteiger partial charge >= 0.3 is 0 Å². The summed E-state index contributed by atoms with van der Waals surface area (Å²) >= 11 is 1.72. The second-order valence-corrected chi connectivity index (χ2v) is 12.7. The van der Waals surface area contributed by atoms with E-state index in [2.05, 4.69) is 57.4 Å². The van der Waals surface area contributed by atoms with Crippen LogP contribution in [0.4, 0.5) is 0 Å². The molecule has 0 N–H and O–H groups in total. The molecule has 2 aromatic rings. The zero-order chi connectivity index (χ0) is 16.4. The number of thiophene rings is 1. The Labute approximate surface area is 138 Å². The Balaban J connectivity index is 2.38. The van der Waals surface area contributed by atoms with Crippen LogP contribution in [0.2, 0.25) is 18.1 Å². The molecule has 0 radical (unpaired) electrons. The maximum Gasteiger partial charge on any atom is 0.193 e. The molecule has 0 amide bonds. The summed E-state index contributed by atoms with van der Waals surface area (Å²) in [6.45, 7) is 11.3. The highest BCUT2D eigenvalue weighted by molar-refractivity contribution is 7.10. The summed E-state index contributed by atoms with van der Waals surface area (Å²) < 4.78 is 6.67. The monoisotopic (exact) mass is 329 g/mol. The van der Waals surface area contributed by atoms with Crippen molar-refractivity contribution in [1.29, 1.82) is 5.26 Å². The first-order valence-corrected chi connectivity index (χ1v) is 11.2. The first-order valence-electron chi connectivity index (χ1n) is 7.46. The second kappa shape index (κ2) is 6.37. The van der Waals surface area contributed by atoms with Crippen LogP contribution < -0.4 is 0 Å². The van der Waals surface area contributed by atoms with Crippen molar-refractivity contribution < 1.29 is 4.43 Å². The molecule has 1 atom stereocenters. The molecule has 0 fully saturated rings. The van der Waals surface area contributed by atoms with E-state index in [1.807, 2.05) is 24.3 Å². The summed E-state index contributed by atoms with van der Waals surface area (Å²) in [5, 5.41) is 11.2. The van der Waals surface area contributed by atoms with Gasteiger partial charge in [0, 0.05) is 4.88 Å². The van der Waals surface area contributed by atoms with Crippen LogP contribution in [0.3, 0.4) is 0 Å². The van der Waals surface area contributed by atoms with Crippen molar-refractivity contribution in [3.63, 3.8) is 0 Å². The Morgan fingerprint density at radius 2 is 1.77 bits per heavy atom. The van der Waals surface area contributed by atoms with Crippen LogP contribution in [-0.4, -0.2) is 8.32 Å². The highest BCUT2D eigenvalue weighted by atomic mass is 32.1. The average molecular weight is 330 g/mol. The summed E-state index contributed by atoms with van der Waals surface area (Å²) in [6.07, 6.45) is -0.0476. The molecular formula is C18H23NOSSi. The predicted octanol–water partition coefficient (Wildman–Crippen LogP) is 5.73. The van der Waals surface area contributed by atoms with Crippen molar-refractivity contribution in [3.05, 3.63) is 57.8 Å². The van der Waals surface area contributed by atoms with Gasteiger partial charge in [-0.3, -0.25) is 0 Å². The molecule has 2 rings (SSSR count). The van der Waals surface area contributed by atoms with E-state index < -0.39 is 8.32 Å². The molecule has 0 bridgehead atoms. The zero-order valence-corrected chi connectivity index (χ0v) is 15.7. The van der Waals surface area contributed by atoms with Crippen molar-refractivity contribution >= 4 is 19.7 Å². The van der Waals surface area contributed by atoms with Gasteiger partial charge in [-0.15, -0.1) is 11.3 Å². The smallest absolute Gasteiger partial charge is 0.193 e. The fourth-order valence-corrected chi connectivity index (χ4v) is 4.01. The minimum absolute atomic E-state index is 0.0476. The number of nitriles is 1. The maximum absolute atomic E-state index is 8.97. The van der Waals surface area contributed by atoms with E-state index in [4.69, 9.17) is 9.69 Å². The first-order chi connectivity index (χ1) is 10.2. The third-order valence-electron chi connectivity index (χ3n) is 4.36. The van der Waals surface area contributed by atoms with Gasteiger partial charge in [0.1, 0.15) is 6.10 Å². The number of benzene rings is 1. The summed E-state index contributed by atoms with van der Waals surface area (Å²) in [7, 11) is -1.89. The van der Waals surface area contributed by atoms with Gasteiger partial charge < -0.3 is 4.43 Å². The highest BCUT2D eigenvalue weighted by Crippen LogP contribution is 2.42. The fraction of sp³-hybridized carbons (Fsp3) is 0.389. The third kappa shape index (κ3) is 3.67. The lowest BCUT2D eigenvalue weighted by atomic mass is 10.1. The first kappa shape index (κ1) is 16.9. The number of hydrogen-bond donors (Lipinski definition) is 0. The molecule has 0 spiro atoms. The van der Waals surface area contributed by atoms with Crippen LogP contribution in [0.15, 0.2) is 41.8 Å². The summed E-state index contributed by atoms with van der Waals surface area (Å²) in [4.78, 5) is 1.22. The van der Waals surface area contributed by atoms with E-state index in [1.165, 1.54) is 4.88 Å². The second-order valence-electron chi connectivity index (χ2n) is 7.01. The molecule has 116 valence electrons. The lowest BCUT2D eigenvalue weighted by molar-refractivity contribution is 0.225. The number of rotatable bonds is 4. The summed E-state index contributed by atoms with van der Waals surface area (Å²) in [5.74, 6) is 0. The average Bonchev–Trinajstić information content (AvgIpc) is 2.98. The van der Waals surface area contributed by atoms with Crippen molar-refractivity contribution in [2.45, 2.75) is 45.0 Å². The van der Waals surface area contributed by atoms with Crippen LogP contribution in [0.1, 0.15) is 42.9 Å². The zero-order valence-electron chi connectivity index (χ0n) is 13.9. The van der Waals surface area contributed by atoms with Gasteiger partial charge in [-0.25, -0.2) is 0 Å². The topological polar surface area (TPSA) is 33.0 Å². The van der Waals surface area contributed by atoms with Crippen LogP contribution in [-0.2, 0) is 4.43 Å². The van der Waals surface area contributed by atoms with Gasteiger partial charge in [0.15, 0.2) is 8.32 Å². The number of hydrogen-bond acceptors (Lipinski definition) is 3. The van der Waals surface area contributed by atoms with Gasteiger partial charge in [-0.1, -0.05) is 39.0 Å². The Morgan fingerprint density at radius 3 is 2.23 bits per heavy atom. The van der Waals surface area contributed by atoms with Crippen molar-refractivity contribution in [1.82, 2.24) is 0 Å². The molecule has 1 aromatic heterocycles. The van der Waals surface area contributed by atoms with Gasteiger partial charge in [-0.2, -0.15) is 5.26 Å². The molecule has 0 saturated heterocycles. The minimum Gasteiger partial charge on any atom is -0.405 e. The Morgan fingerprint density at radius 1 is 1.14 bits per heavy atom. The molecule has 0 aliphatic carbocycles. The van der Waals surface area contributed by atoms with Crippen molar-refractivity contribution in [2.24, 2.45) is 0 Å². The van der Waals surface area contributed by atoms with E-state index in [0.29, 0.717) is 5.56 Å². The molecule has 1 heterocycles. The molecule has 4 heteroatoms. The van der Waals surface area contributed by atoms with Crippen molar-refractivity contribution in [2.75, 3.05) is 0 Å². The number of nitrogens with zero attached hydrogens (tertiary/aromatic N) is 1. The van der Waals surface area contributed by atoms with Gasteiger partial charge in [-0.05, 0) is 47.3 Å². The van der Waals surface area contributed by atoms with Crippen LogP contribution >= 0.6 is 11.3 Å². The van der Waals surface area contributed by atoms with E-state index in [9.17, 15) is 0 Å². The minimum atomic E-state index is -1.89. The van der Waals surface area contributed by atoms with Crippen LogP contribution in [0.5, 0.6) is 0 Å². The SMILES string of the molecule is CC(C)(C)[Si](C)(C)OC(c1ccc(C#N)cc1)c1cccs1. The summed E-state index contributed by atoms with van der Waals surface area (Å²) in [6, 6.07) is 14.1. The Kier molecular flexibility index (Phi) is 4.91. The van der Waals surface area contributed by atoms with E-state index >= 15 is 0 Å². The molecule has 1 aromatic carbocycles. The third-order valence-corrected chi connectivity index (χ3v) is 9.72. The van der Waals surface area contributed by atoms with Gasteiger partial charge in [0.25, 0.3) is 0 Å². The largest absolute Gasteiger partial charge is 0.405 e. The Hall–Kier alpha value is -1.41. The highest BCUT2D eigenvalue weighted by Gasteiger charge is 2.40. The van der Waals surface area contributed by atoms with E-state index in [1.54, 1.807) is 11.3 Å². The van der Waals surface area contributed by atoms with Crippen molar-refractivity contribution in [3.8, 4) is 6.07 Å². The van der Waals surface area contributed by atoms with E-state index in [-0.39, 0.29) is 11.1 Å². The lowest BCUT2D eigenvalue weighted by Gasteiger charge is -2.39. The van der Waals surface area contributed by atoms with Gasteiger partial charge in [0.2, 0.25) is 0 Å². The standard InChI is InChI=1S/C18H23NOSSi/c1-18(2,3)22(4,5)20-17(16-7-6-12-21-16)15-10-8-14(13-19)9-11-15/h6-12,17H,1-5H3. The molecule has 1 unspecified atom stereocenters. The lowest BCUT2D eigenvalue weighted by Crippen LogP contribution is -2.41. The predicted molar refractivity (Wildman–Crippen MR) is 95.6 cm³/mol. The quantitative estimate of drug-likeness (QED) is 0.671. The van der Waals surface area contributed by atoms with Crippen LogP contribution in [0.25, 0.3) is 0 Å². The fourth-order valence-electron chi connectivity index (χ4n) is 1.93. The molecule has 0 aliphatic rings. The van der Waals surface area contributed by atoms with E-state index in [0.717, 1.165) is 5.56 Å². The van der Waals surface area contributed by atoms with Gasteiger partial charge in [0.05, 0.1) is 11.6 Å². The Bertz CT molecular complexity index is 648.